The normalized spacial score (nSPS) is 11.9. The van der Waals surface area contributed by atoms with Gasteiger partial charge in [0.25, 0.3) is 5.56 Å². The van der Waals surface area contributed by atoms with Crippen LogP contribution in [0.3, 0.4) is 0 Å². The fourth-order valence-corrected chi connectivity index (χ4v) is 3.49. The van der Waals surface area contributed by atoms with Crippen LogP contribution in [0, 0.1) is 35.7 Å². The second kappa shape index (κ2) is 8.23. The highest BCUT2D eigenvalue weighted by molar-refractivity contribution is 5.78. The van der Waals surface area contributed by atoms with Crippen molar-refractivity contribution < 1.29 is 13.2 Å². The molecule has 1 atom stereocenters. The lowest BCUT2D eigenvalue weighted by Gasteiger charge is -2.21. The van der Waals surface area contributed by atoms with Crippen molar-refractivity contribution in [3.05, 3.63) is 81.4 Å². The first-order valence-corrected chi connectivity index (χ1v) is 9.68. The molecule has 166 valence electrons. The van der Waals surface area contributed by atoms with Crippen LogP contribution in [0.25, 0.3) is 16.6 Å². The molecule has 0 aliphatic heterocycles. The maximum Gasteiger partial charge on any atom is 0.269 e. The van der Waals surface area contributed by atoms with Gasteiger partial charge in [-0.15, -0.1) is 0 Å². The Hall–Kier alpha value is -4.46. The van der Waals surface area contributed by atoms with Crippen LogP contribution in [-0.2, 0) is 0 Å². The van der Waals surface area contributed by atoms with Crippen LogP contribution in [0.15, 0.2) is 41.2 Å². The minimum atomic E-state index is -0.928. The number of nitrogens with two attached hydrogens (primary N) is 1. The van der Waals surface area contributed by atoms with Crippen molar-refractivity contribution >= 4 is 22.5 Å². The molecule has 2 aromatic carbocycles. The number of benzene rings is 2. The number of hydrogen-bond donors (Lipinski definition) is 2. The number of anilines is 2. The molecule has 0 bridgehead atoms. The molecule has 0 fully saturated rings. The van der Waals surface area contributed by atoms with Crippen molar-refractivity contribution in [1.29, 1.82) is 5.26 Å². The molecule has 2 aromatic heterocycles. The molecule has 2 heterocycles. The first-order valence-electron chi connectivity index (χ1n) is 9.68. The number of halogens is 3. The number of rotatable bonds is 4. The zero-order valence-corrected chi connectivity index (χ0v) is 17.4. The average molecular weight is 451 g/mol. The van der Waals surface area contributed by atoms with E-state index in [0.717, 1.165) is 22.8 Å². The number of aryl methyl sites for hydroxylation is 1. The van der Waals surface area contributed by atoms with Crippen LogP contribution >= 0.6 is 0 Å². The van der Waals surface area contributed by atoms with E-state index in [1.54, 1.807) is 13.8 Å². The third-order valence-corrected chi connectivity index (χ3v) is 4.88. The summed E-state index contributed by atoms with van der Waals surface area (Å²) in [7, 11) is 0. The van der Waals surface area contributed by atoms with E-state index >= 15 is 0 Å². The lowest BCUT2D eigenvalue weighted by molar-refractivity contribution is 0.579. The summed E-state index contributed by atoms with van der Waals surface area (Å²) in [6, 6.07) is 7.51. The molecule has 0 radical (unpaired) electrons. The number of nitriles is 1. The Morgan fingerprint density at radius 3 is 2.48 bits per heavy atom. The largest absolute Gasteiger partial charge is 0.382 e. The molecule has 4 rings (SSSR count). The van der Waals surface area contributed by atoms with Crippen molar-refractivity contribution in [2.24, 2.45) is 0 Å². The Balaban J connectivity index is 1.97. The molecule has 33 heavy (non-hydrogen) atoms. The van der Waals surface area contributed by atoms with E-state index in [-0.39, 0.29) is 39.6 Å². The van der Waals surface area contributed by atoms with Gasteiger partial charge in [-0.05, 0) is 38.1 Å². The van der Waals surface area contributed by atoms with E-state index in [9.17, 15) is 23.2 Å². The number of nitrogens with zero attached hydrogens (tertiary/aromatic N) is 5. The third kappa shape index (κ3) is 3.94. The van der Waals surface area contributed by atoms with Crippen molar-refractivity contribution in [2.75, 3.05) is 11.1 Å². The predicted molar refractivity (Wildman–Crippen MR) is 115 cm³/mol. The van der Waals surface area contributed by atoms with Crippen molar-refractivity contribution in [1.82, 2.24) is 19.5 Å². The van der Waals surface area contributed by atoms with Gasteiger partial charge < -0.3 is 11.1 Å². The van der Waals surface area contributed by atoms with Gasteiger partial charge in [0.05, 0.1) is 17.2 Å². The molecule has 0 aliphatic carbocycles. The zero-order chi connectivity index (χ0) is 23.9. The van der Waals surface area contributed by atoms with Crippen LogP contribution in [0.5, 0.6) is 0 Å². The Bertz CT molecular complexity index is 1490. The number of hydrogen-bond acceptors (Lipinski definition) is 7. The summed E-state index contributed by atoms with van der Waals surface area (Å²) in [6.07, 6.45) is 0. The second-order valence-corrected chi connectivity index (χ2v) is 7.23. The average Bonchev–Trinajstić information content (AvgIpc) is 2.72. The van der Waals surface area contributed by atoms with Crippen molar-refractivity contribution in [3.63, 3.8) is 0 Å². The molecule has 0 amide bonds. The highest BCUT2D eigenvalue weighted by atomic mass is 19.1. The monoisotopic (exact) mass is 451 g/mol. The van der Waals surface area contributed by atoms with E-state index in [2.05, 4.69) is 20.3 Å². The maximum atomic E-state index is 14.5. The van der Waals surface area contributed by atoms with Gasteiger partial charge in [0.15, 0.2) is 5.82 Å². The van der Waals surface area contributed by atoms with Crippen molar-refractivity contribution in [3.8, 4) is 11.8 Å². The molecule has 0 spiro atoms. The Labute approximate surface area is 185 Å². The van der Waals surface area contributed by atoms with E-state index in [0.29, 0.717) is 11.9 Å². The molecule has 11 heteroatoms. The molecule has 8 nitrogen and oxygen atoms in total. The predicted octanol–water partition coefficient (Wildman–Crippen LogP) is 3.53. The first-order chi connectivity index (χ1) is 15.7. The van der Waals surface area contributed by atoms with Crippen LogP contribution in [-0.4, -0.2) is 19.5 Å². The topological polar surface area (TPSA) is 123 Å². The molecule has 3 N–H and O–H groups in total. The summed E-state index contributed by atoms with van der Waals surface area (Å²) in [6.45, 7) is 3.17. The summed E-state index contributed by atoms with van der Waals surface area (Å²) < 4.78 is 43.3. The van der Waals surface area contributed by atoms with Gasteiger partial charge >= 0.3 is 0 Å². The lowest BCUT2D eigenvalue weighted by Crippen LogP contribution is -2.28. The highest BCUT2D eigenvalue weighted by Gasteiger charge is 2.22. The van der Waals surface area contributed by atoms with E-state index < -0.39 is 29.1 Å². The minimum absolute atomic E-state index is 0.00169. The lowest BCUT2D eigenvalue weighted by atomic mass is 10.2. The van der Waals surface area contributed by atoms with Crippen molar-refractivity contribution in [2.45, 2.75) is 19.9 Å². The summed E-state index contributed by atoms with van der Waals surface area (Å²) in [5.74, 6) is -2.35. The summed E-state index contributed by atoms with van der Waals surface area (Å²) >= 11 is 0. The Kier molecular flexibility index (Phi) is 5.43. The molecular formula is C22H16F3N7O. The molecule has 1 unspecified atom stereocenters. The summed E-state index contributed by atoms with van der Waals surface area (Å²) in [4.78, 5) is 25.8. The fourth-order valence-electron chi connectivity index (χ4n) is 3.49. The van der Waals surface area contributed by atoms with Gasteiger partial charge in [-0.1, -0.05) is 6.07 Å². The fraction of sp³-hybridized carbons (Fsp3) is 0.136. The van der Waals surface area contributed by atoms with Gasteiger partial charge in [0.2, 0.25) is 0 Å². The molecule has 0 saturated heterocycles. The van der Waals surface area contributed by atoms with Crippen LogP contribution in [0.2, 0.25) is 0 Å². The van der Waals surface area contributed by atoms with Crippen LogP contribution in [0.1, 0.15) is 30.2 Å². The molecule has 0 saturated carbocycles. The van der Waals surface area contributed by atoms with Crippen LogP contribution in [0.4, 0.5) is 24.8 Å². The van der Waals surface area contributed by atoms with Gasteiger partial charge in [-0.3, -0.25) is 9.36 Å². The van der Waals surface area contributed by atoms with E-state index in [4.69, 9.17) is 5.73 Å². The maximum absolute atomic E-state index is 14.5. The highest BCUT2D eigenvalue weighted by Crippen LogP contribution is 2.25. The summed E-state index contributed by atoms with van der Waals surface area (Å²) in [5.41, 5.74) is 4.80. The summed E-state index contributed by atoms with van der Waals surface area (Å²) in [5, 5.41) is 12.1. The first kappa shape index (κ1) is 21.8. The molecular weight excluding hydrogens is 435 g/mol. The molecule has 4 aromatic rings. The Morgan fingerprint density at radius 1 is 1.12 bits per heavy atom. The van der Waals surface area contributed by atoms with Gasteiger partial charge in [0, 0.05) is 6.07 Å². The minimum Gasteiger partial charge on any atom is -0.382 e. The van der Waals surface area contributed by atoms with E-state index in [1.807, 2.05) is 6.07 Å². The number of fused-ring (bicyclic) bond motifs is 1. The number of nitrogen functional groups attached to an aromatic ring is 1. The van der Waals surface area contributed by atoms with Gasteiger partial charge in [-0.2, -0.15) is 5.26 Å². The standard InChI is InChI=1S/C22H16F3N7O/c1-10(28-20-15(9-26)19(27)29-11(2)30-20)21-31-17-5-3-4-16(25)18(17)22(33)32(21)14-7-12(23)6-13(24)8-14/h3-8,10H,1-2H3,(H3,27,28,29,30). The SMILES string of the molecule is Cc1nc(N)c(C#N)c(NC(C)c2nc3cccc(F)c3c(=O)n2-c2cc(F)cc(F)c2)n1. The van der Waals surface area contributed by atoms with Gasteiger partial charge in [0.1, 0.15) is 51.9 Å². The van der Waals surface area contributed by atoms with E-state index in [1.165, 1.54) is 12.1 Å². The molecule has 0 aliphatic rings. The Morgan fingerprint density at radius 2 is 1.82 bits per heavy atom. The zero-order valence-electron chi connectivity index (χ0n) is 17.4. The smallest absolute Gasteiger partial charge is 0.269 e. The number of aromatic nitrogens is 4. The second-order valence-electron chi connectivity index (χ2n) is 7.23. The quantitative estimate of drug-likeness (QED) is 0.487. The van der Waals surface area contributed by atoms with Gasteiger partial charge in [-0.25, -0.2) is 28.1 Å². The van der Waals surface area contributed by atoms with Crippen LogP contribution < -0.4 is 16.6 Å². The number of nitrogens with one attached hydrogen (secondary N) is 1. The third-order valence-electron chi connectivity index (χ3n) is 4.88.